The molecule has 0 saturated carbocycles. The van der Waals surface area contributed by atoms with Crippen LogP contribution < -0.4 is 10.5 Å². The highest BCUT2D eigenvalue weighted by atomic mass is 16.1. The number of H-pyrrole nitrogens is 1. The third kappa shape index (κ3) is 2.62. The third-order valence-corrected chi connectivity index (χ3v) is 2.94. The molecule has 0 unspecified atom stereocenters. The van der Waals surface area contributed by atoms with E-state index in [1.165, 1.54) is 19.3 Å². The Morgan fingerprint density at radius 2 is 2.12 bits per heavy atom. The smallest absolute Gasteiger partial charge is 0.252 e. The van der Waals surface area contributed by atoms with Gasteiger partial charge in [0.25, 0.3) is 5.56 Å². The van der Waals surface area contributed by atoms with Crippen LogP contribution in [-0.2, 0) is 6.42 Å². The van der Waals surface area contributed by atoms with Crippen molar-refractivity contribution in [3.05, 3.63) is 22.1 Å². The van der Waals surface area contributed by atoms with E-state index in [1.54, 1.807) is 6.07 Å². The largest absolute Gasteiger partial charge is 0.342 e. The number of aryl methyl sites for hydroxylation is 1. The maximum Gasteiger partial charge on any atom is 0.252 e. The Hall–Kier alpha value is -1.32. The van der Waals surface area contributed by atoms with Gasteiger partial charge in [-0.05, 0) is 25.7 Å². The van der Waals surface area contributed by atoms with E-state index >= 15 is 0 Å². The number of anilines is 1. The van der Waals surface area contributed by atoms with E-state index in [0.717, 1.165) is 37.6 Å². The second-order valence-electron chi connectivity index (χ2n) is 4.36. The van der Waals surface area contributed by atoms with Gasteiger partial charge in [0, 0.05) is 24.8 Å². The first-order valence-electron chi connectivity index (χ1n) is 6.15. The van der Waals surface area contributed by atoms with E-state index in [4.69, 9.17) is 0 Å². The highest BCUT2D eigenvalue weighted by molar-refractivity contribution is 5.30. The Labute approximate surface area is 95.7 Å². The minimum atomic E-state index is -0.0287. The van der Waals surface area contributed by atoms with Crippen molar-refractivity contribution >= 4 is 5.95 Å². The molecule has 2 heterocycles. The first-order chi connectivity index (χ1) is 7.79. The van der Waals surface area contributed by atoms with Gasteiger partial charge in [-0.2, -0.15) is 0 Å². The van der Waals surface area contributed by atoms with Gasteiger partial charge in [0.2, 0.25) is 5.95 Å². The summed E-state index contributed by atoms with van der Waals surface area (Å²) in [6.45, 7) is 4.13. The van der Waals surface area contributed by atoms with Crippen LogP contribution in [0, 0.1) is 0 Å². The number of rotatable bonds is 3. The standard InChI is InChI=1S/C12H19N3O/c1-2-6-10-9-11(16)14-12(13-10)15-7-4-3-5-8-15/h9H,2-8H2,1H3,(H,13,14,16). The molecule has 4 heteroatoms. The summed E-state index contributed by atoms with van der Waals surface area (Å²) in [5, 5.41) is 0. The van der Waals surface area contributed by atoms with Crippen LogP contribution >= 0.6 is 0 Å². The van der Waals surface area contributed by atoms with E-state index in [1.807, 2.05) is 0 Å². The van der Waals surface area contributed by atoms with Gasteiger partial charge in [-0.25, -0.2) is 4.98 Å². The molecule has 0 aliphatic carbocycles. The quantitative estimate of drug-likeness (QED) is 0.845. The summed E-state index contributed by atoms with van der Waals surface area (Å²) in [6.07, 6.45) is 5.58. The summed E-state index contributed by atoms with van der Waals surface area (Å²) in [7, 11) is 0. The highest BCUT2D eigenvalue weighted by Gasteiger charge is 2.13. The topological polar surface area (TPSA) is 49.0 Å². The lowest BCUT2D eigenvalue weighted by Gasteiger charge is -2.27. The van der Waals surface area contributed by atoms with Crippen LogP contribution in [0.2, 0.25) is 0 Å². The highest BCUT2D eigenvalue weighted by Crippen LogP contribution is 2.14. The number of hydrogen-bond donors (Lipinski definition) is 1. The maximum atomic E-state index is 11.5. The molecule has 1 aromatic heterocycles. The monoisotopic (exact) mass is 221 g/mol. The molecular weight excluding hydrogens is 202 g/mol. The maximum absolute atomic E-state index is 11.5. The van der Waals surface area contributed by atoms with Gasteiger partial charge in [0.15, 0.2) is 0 Å². The molecular formula is C12H19N3O. The molecule has 1 aliphatic rings. The molecule has 1 saturated heterocycles. The first kappa shape index (κ1) is 11.2. The van der Waals surface area contributed by atoms with Crippen molar-refractivity contribution in [2.45, 2.75) is 39.0 Å². The van der Waals surface area contributed by atoms with E-state index in [0.29, 0.717) is 0 Å². The van der Waals surface area contributed by atoms with Gasteiger partial charge >= 0.3 is 0 Å². The third-order valence-electron chi connectivity index (χ3n) is 2.94. The molecule has 4 nitrogen and oxygen atoms in total. The molecule has 0 radical (unpaired) electrons. The van der Waals surface area contributed by atoms with E-state index in [9.17, 15) is 4.79 Å². The van der Waals surface area contributed by atoms with Crippen molar-refractivity contribution in [3.63, 3.8) is 0 Å². The molecule has 16 heavy (non-hydrogen) atoms. The van der Waals surface area contributed by atoms with Gasteiger partial charge < -0.3 is 4.90 Å². The number of aromatic amines is 1. The second-order valence-corrected chi connectivity index (χ2v) is 4.36. The summed E-state index contributed by atoms with van der Waals surface area (Å²) < 4.78 is 0. The molecule has 0 spiro atoms. The van der Waals surface area contributed by atoms with Crippen LogP contribution in [0.1, 0.15) is 38.3 Å². The van der Waals surface area contributed by atoms with Crippen molar-refractivity contribution in [2.75, 3.05) is 18.0 Å². The fourth-order valence-corrected chi connectivity index (χ4v) is 2.13. The molecule has 1 aromatic rings. The Balaban J connectivity index is 2.21. The van der Waals surface area contributed by atoms with Crippen molar-refractivity contribution in [1.82, 2.24) is 9.97 Å². The summed E-state index contributed by atoms with van der Waals surface area (Å²) in [5.74, 6) is 0.760. The first-order valence-corrected chi connectivity index (χ1v) is 6.15. The average molecular weight is 221 g/mol. The van der Waals surface area contributed by atoms with E-state index < -0.39 is 0 Å². The zero-order chi connectivity index (χ0) is 11.4. The number of piperidine rings is 1. The molecule has 0 amide bonds. The van der Waals surface area contributed by atoms with E-state index in [2.05, 4.69) is 21.8 Å². The van der Waals surface area contributed by atoms with Crippen LogP contribution in [0.5, 0.6) is 0 Å². The fourth-order valence-electron chi connectivity index (χ4n) is 2.13. The summed E-state index contributed by atoms with van der Waals surface area (Å²) in [5.41, 5.74) is 0.880. The van der Waals surface area contributed by atoms with Gasteiger partial charge in [-0.15, -0.1) is 0 Å². The Bertz CT molecular complexity index is 393. The van der Waals surface area contributed by atoms with Crippen molar-refractivity contribution in [2.24, 2.45) is 0 Å². The predicted molar refractivity (Wildman–Crippen MR) is 64.9 cm³/mol. The van der Waals surface area contributed by atoms with Gasteiger partial charge in [0.05, 0.1) is 0 Å². The molecule has 1 aliphatic heterocycles. The zero-order valence-corrected chi connectivity index (χ0v) is 9.83. The average Bonchev–Trinajstić information content (AvgIpc) is 2.30. The fraction of sp³-hybridized carbons (Fsp3) is 0.667. The minimum Gasteiger partial charge on any atom is -0.342 e. The molecule has 1 fully saturated rings. The summed E-state index contributed by atoms with van der Waals surface area (Å²) in [4.78, 5) is 21.0. The van der Waals surface area contributed by atoms with Gasteiger partial charge in [-0.3, -0.25) is 9.78 Å². The summed E-state index contributed by atoms with van der Waals surface area (Å²) in [6, 6.07) is 1.61. The molecule has 0 atom stereocenters. The lowest BCUT2D eigenvalue weighted by atomic mass is 10.1. The molecule has 88 valence electrons. The van der Waals surface area contributed by atoms with Crippen LogP contribution in [0.25, 0.3) is 0 Å². The predicted octanol–water partition coefficient (Wildman–Crippen LogP) is 1.71. The SMILES string of the molecule is CCCc1cc(=O)[nH]c(N2CCCCC2)n1. The summed E-state index contributed by atoms with van der Waals surface area (Å²) >= 11 is 0. The zero-order valence-electron chi connectivity index (χ0n) is 9.83. The Morgan fingerprint density at radius 3 is 2.81 bits per heavy atom. The van der Waals surface area contributed by atoms with Crippen molar-refractivity contribution in [3.8, 4) is 0 Å². The molecule has 1 N–H and O–H groups in total. The van der Waals surface area contributed by atoms with Gasteiger partial charge in [-0.1, -0.05) is 13.3 Å². The number of aromatic nitrogens is 2. The lowest BCUT2D eigenvalue weighted by molar-refractivity contribution is 0.566. The van der Waals surface area contributed by atoms with Crippen molar-refractivity contribution < 1.29 is 0 Å². The normalized spacial score (nSPS) is 16.4. The van der Waals surface area contributed by atoms with Crippen LogP contribution in [-0.4, -0.2) is 23.1 Å². The van der Waals surface area contributed by atoms with E-state index in [-0.39, 0.29) is 5.56 Å². The number of nitrogens with one attached hydrogen (secondary N) is 1. The number of nitrogens with zero attached hydrogens (tertiary/aromatic N) is 2. The number of hydrogen-bond acceptors (Lipinski definition) is 3. The minimum absolute atomic E-state index is 0.0287. The molecule has 0 bridgehead atoms. The molecule has 2 rings (SSSR count). The van der Waals surface area contributed by atoms with Gasteiger partial charge in [0.1, 0.15) is 0 Å². The lowest BCUT2D eigenvalue weighted by Crippen LogP contribution is -2.32. The second kappa shape index (κ2) is 5.14. The van der Waals surface area contributed by atoms with Crippen LogP contribution in [0.15, 0.2) is 10.9 Å². The van der Waals surface area contributed by atoms with Crippen LogP contribution in [0.3, 0.4) is 0 Å². The Morgan fingerprint density at radius 1 is 1.38 bits per heavy atom. The van der Waals surface area contributed by atoms with Crippen molar-refractivity contribution in [1.29, 1.82) is 0 Å². The Kier molecular flexibility index (Phi) is 3.59. The molecule has 0 aromatic carbocycles. The van der Waals surface area contributed by atoms with Crippen LogP contribution in [0.4, 0.5) is 5.95 Å².